The van der Waals surface area contributed by atoms with Crippen LogP contribution in [0.2, 0.25) is 0 Å². The maximum Gasteiger partial charge on any atom is 0.358 e. The van der Waals surface area contributed by atoms with E-state index < -0.39 is 24.1 Å². The monoisotopic (exact) mass is 353 g/mol. The smallest absolute Gasteiger partial charge is 0.358 e. The highest BCUT2D eigenvalue weighted by Crippen LogP contribution is 2.52. The first-order valence-corrected chi connectivity index (χ1v) is 8.54. The molecule has 0 bridgehead atoms. The molecule has 3 N–H and O–H groups in total. The van der Waals surface area contributed by atoms with E-state index >= 15 is 0 Å². The summed E-state index contributed by atoms with van der Waals surface area (Å²) >= 11 is 0. The number of nitro benzene ring substituents is 1. The predicted molar refractivity (Wildman–Crippen MR) is 86.1 cm³/mol. The van der Waals surface area contributed by atoms with Gasteiger partial charge in [-0.3, -0.25) is 14.7 Å². The van der Waals surface area contributed by atoms with Crippen LogP contribution in [0, 0.1) is 24.0 Å². The number of benzene rings is 2. The maximum atomic E-state index is 11.3. The highest BCUT2D eigenvalue weighted by Gasteiger charge is 2.32. The van der Waals surface area contributed by atoms with Crippen molar-refractivity contribution in [3.8, 4) is 11.5 Å². The molecule has 2 aromatic rings. The van der Waals surface area contributed by atoms with Crippen LogP contribution < -0.4 is 4.74 Å². The summed E-state index contributed by atoms with van der Waals surface area (Å²) in [6, 6.07) is 8.38. The van der Waals surface area contributed by atoms with Crippen LogP contribution in [0.4, 0.5) is 5.69 Å². The summed E-state index contributed by atoms with van der Waals surface area (Å²) in [6.07, 6.45) is 0. The van der Waals surface area contributed by atoms with Crippen molar-refractivity contribution in [1.82, 2.24) is 0 Å². The van der Waals surface area contributed by atoms with E-state index in [1.165, 1.54) is 6.07 Å². The molecule has 0 aromatic heterocycles. The lowest BCUT2D eigenvalue weighted by atomic mass is 10.1. The van der Waals surface area contributed by atoms with Gasteiger partial charge in [0.25, 0.3) is 5.69 Å². The Morgan fingerprint density at radius 2 is 1.79 bits per heavy atom. The van der Waals surface area contributed by atoms with Crippen molar-refractivity contribution in [2.24, 2.45) is 0 Å². The molecule has 0 aliphatic heterocycles. The van der Waals surface area contributed by atoms with Gasteiger partial charge in [-0.05, 0) is 43.2 Å². The molecule has 128 valence electrons. The van der Waals surface area contributed by atoms with Crippen LogP contribution in [0.25, 0.3) is 0 Å². The standard InChI is InChI=1S/C15H16NO7P/c1-9-3-5-12(7-10(9)2)23-14-6-4-11(16(18)19)8-13(14)15(17)24(20,21)22/h3-8,15,17H,1-2H3,(H2,20,21,22). The molecule has 0 fully saturated rings. The molecule has 0 amide bonds. The average Bonchev–Trinajstić information content (AvgIpc) is 2.49. The molecule has 1 unspecified atom stereocenters. The summed E-state index contributed by atoms with van der Waals surface area (Å²) in [5.74, 6) is -1.91. The zero-order valence-corrected chi connectivity index (χ0v) is 13.8. The largest absolute Gasteiger partial charge is 0.457 e. The van der Waals surface area contributed by atoms with Gasteiger partial charge in [0.15, 0.2) is 5.85 Å². The van der Waals surface area contributed by atoms with Crippen molar-refractivity contribution >= 4 is 13.3 Å². The number of aliphatic hydroxyl groups is 1. The SMILES string of the molecule is Cc1ccc(Oc2ccc([N+](=O)[O-])cc2C(O)P(=O)(O)O)cc1C. The third-order valence-electron chi connectivity index (χ3n) is 3.51. The zero-order chi connectivity index (χ0) is 18.1. The Bertz CT molecular complexity index is 831. The fourth-order valence-corrected chi connectivity index (χ4v) is 2.59. The summed E-state index contributed by atoms with van der Waals surface area (Å²) in [5, 5.41) is 20.7. The topological polar surface area (TPSA) is 130 Å². The van der Waals surface area contributed by atoms with E-state index in [1.54, 1.807) is 18.2 Å². The number of non-ortho nitro benzene ring substituents is 1. The van der Waals surface area contributed by atoms with Crippen LogP contribution in [0.3, 0.4) is 0 Å². The molecule has 0 saturated carbocycles. The fraction of sp³-hybridized carbons (Fsp3) is 0.200. The van der Waals surface area contributed by atoms with Gasteiger partial charge >= 0.3 is 7.60 Å². The van der Waals surface area contributed by atoms with Crippen LogP contribution >= 0.6 is 7.60 Å². The molecular formula is C15H16NO7P. The van der Waals surface area contributed by atoms with Crippen molar-refractivity contribution in [2.45, 2.75) is 19.7 Å². The number of hydrogen-bond acceptors (Lipinski definition) is 5. The normalized spacial score (nSPS) is 12.7. The second-order valence-electron chi connectivity index (χ2n) is 5.29. The molecule has 0 heterocycles. The second-order valence-corrected chi connectivity index (χ2v) is 6.96. The van der Waals surface area contributed by atoms with E-state index in [9.17, 15) is 29.6 Å². The van der Waals surface area contributed by atoms with E-state index in [1.807, 2.05) is 13.8 Å². The number of nitrogens with zero attached hydrogens (tertiary/aromatic N) is 1. The number of nitro groups is 1. The maximum absolute atomic E-state index is 11.3. The third-order valence-corrected chi connectivity index (χ3v) is 4.42. The Kier molecular flexibility index (Phi) is 5.05. The molecule has 0 aliphatic rings. The predicted octanol–water partition coefficient (Wildman–Crippen LogP) is 3.17. The third kappa shape index (κ3) is 3.98. The fourth-order valence-electron chi connectivity index (χ4n) is 2.03. The molecule has 0 spiro atoms. The summed E-state index contributed by atoms with van der Waals surface area (Å²) < 4.78 is 16.9. The van der Waals surface area contributed by atoms with Crippen molar-refractivity contribution in [2.75, 3.05) is 0 Å². The van der Waals surface area contributed by atoms with Crippen LogP contribution in [-0.2, 0) is 4.57 Å². The van der Waals surface area contributed by atoms with Gasteiger partial charge in [0, 0.05) is 17.7 Å². The van der Waals surface area contributed by atoms with Crippen molar-refractivity contribution in [1.29, 1.82) is 0 Å². The van der Waals surface area contributed by atoms with Gasteiger partial charge in [0.2, 0.25) is 0 Å². The number of aliphatic hydroxyl groups excluding tert-OH is 1. The molecule has 24 heavy (non-hydrogen) atoms. The average molecular weight is 353 g/mol. The number of rotatable bonds is 5. The van der Waals surface area contributed by atoms with E-state index in [4.69, 9.17) is 4.74 Å². The van der Waals surface area contributed by atoms with Crippen molar-refractivity contribution in [3.05, 3.63) is 63.2 Å². The van der Waals surface area contributed by atoms with Gasteiger partial charge in [-0.15, -0.1) is 0 Å². The van der Waals surface area contributed by atoms with Crippen molar-refractivity contribution in [3.63, 3.8) is 0 Å². The van der Waals surface area contributed by atoms with Gasteiger partial charge in [0.05, 0.1) is 4.92 Å². The van der Waals surface area contributed by atoms with Crippen LogP contribution in [0.5, 0.6) is 11.5 Å². The number of aryl methyl sites for hydroxylation is 2. The second kappa shape index (κ2) is 6.70. The first-order chi connectivity index (χ1) is 11.1. The van der Waals surface area contributed by atoms with Crippen LogP contribution in [-0.4, -0.2) is 19.8 Å². The summed E-state index contributed by atoms with van der Waals surface area (Å²) in [6.45, 7) is 3.78. The minimum atomic E-state index is -4.92. The Labute approximate surface area is 137 Å². The van der Waals surface area contributed by atoms with E-state index in [2.05, 4.69) is 0 Å². The van der Waals surface area contributed by atoms with Gasteiger partial charge in [-0.25, -0.2) is 0 Å². The first kappa shape index (κ1) is 18.1. The lowest BCUT2D eigenvalue weighted by Crippen LogP contribution is -2.03. The lowest BCUT2D eigenvalue weighted by molar-refractivity contribution is -0.385. The molecule has 9 heteroatoms. The minimum Gasteiger partial charge on any atom is -0.457 e. The quantitative estimate of drug-likeness (QED) is 0.427. The molecule has 0 aliphatic carbocycles. The lowest BCUT2D eigenvalue weighted by Gasteiger charge is -2.17. The molecule has 0 saturated heterocycles. The van der Waals surface area contributed by atoms with E-state index in [0.29, 0.717) is 5.75 Å². The van der Waals surface area contributed by atoms with Crippen molar-refractivity contribution < 1.29 is 29.1 Å². The summed E-state index contributed by atoms with van der Waals surface area (Å²) in [5.41, 5.74) is 1.20. The molecule has 0 radical (unpaired) electrons. The van der Waals surface area contributed by atoms with Crippen LogP contribution in [0.1, 0.15) is 22.5 Å². The van der Waals surface area contributed by atoms with Gasteiger partial charge < -0.3 is 19.6 Å². The highest BCUT2D eigenvalue weighted by molar-refractivity contribution is 7.51. The Morgan fingerprint density at radius 1 is 1.12 bits per heavy atom. The molecular weight excluding hydrogens is 337 g/mol. The molecule has 2 rings (SSSR count). The Balaban J connectivity index is 2.50. The van der Waals surface area contributed by atoms with Gasteiger partial charge in [-0.1, -0.05) is 6.07 Å². The molecule has 8 nitrogen and oxygen atoms in total. The van der Waals surface area contributed by atoms with Gasteiger partial charge in [0.1, 0.15) is 11.5 Å². The number of ether oxygens (including phenoxy) is 1. The van der Waals surface area contributed by atoms with Gasteiger partial charge in [-0.2, -0.15) is 0 Å². The van der Waals surface area contributed by atoms with E-state index in [-0.39, 0.29) is 11.3 Å². The highest BCUT2D eigenvalue weighted by atomic mass is 31.2. The first-order valence-electron chi connectivity index (χ1n) is 6.86. The van der Waals surface area contributed by atoms with E-state index in [0.717, 1.165) is 23.3 Å². The molecule has 1 atom stereocenters. The Hall–Kier alpha value is -2.25. The van der Waals surface area contributed by atoms with Crippen LogP contribution in [0.15, 0.2) is 36.4 Å². The summed E-state index contributed by atoms with van der Waals surface area (Å²) in [7, 11) is -4.92. The molecule has 2 aromatic carbocycles. The summed E-state index contributed by atoms with van der Waals surface area (Å²) in [4.78, 5) is 28.5. The zero-order valence-electron chi connectivity index (χ0n) is 12.9. The minimum absolute atomic E-state index is 0.0697. The Morgan fingerprint density at radius 3 is 2.33 bits per heavy atom. The number of hydrogen-bond donors (Lipinski definition) is 3.